The molecule has 1 heterocycles. The summed E-state index contributed by atoms with van der Waals surface area (Å²) in [5.74, 6) is 0.991. The van der Waals surface area contributed by atoms with Gasteiger partial charge in [-0.3, -0.25) is 0 Å². The predicted molar refractivity (Wildman–Crippen MR) is 65.2 cm³/mol. The first-order valence-corrected chi connectivity index (χ1v) is 5.60. The summed E-state index contributed by atoms with van der Waals surface area (Å²) in [7, 11) is 0. The molecule has 1 aromatic heterocycles. The first-order valence-electron chi connectivity index (χ1n) is 5.60. The van der Waals surface area contributed by atoms with Gasteiger partial charge in [-0.25, -0.2) is 4.98 Å². The van der Waals surface area contributed by atoms with Gasteiger partial charge in [-0.1, -0.05) is 24.3 Å². The van der Waals surface area contributed by atoms with E-state index in [9.17, 15) is 0 Å². The maximum absolute atomic E-state index is 4.16. The summed E-state index contributed by atoms with van der Waals surface area (Å²) in [6.45, 7) is 3.94. The Labute approximate surface area is 95.9 Å². The fourth-order valence-corrected chi connectivity index (χ4v) is 1.72. The number of rotatable bonds is 5. The molecule has 3 heteroatoms. The van der Waals surface area contributed by atoms with Gasteiger partial charge in [0, 0.05) is 12.4 Å². The Kier molecular flexibility index (Phi) is 3.72. The Morgan fingerprint density at radius 3 is 2.94 bits per heavy atom. The SMILES string of the molecule is Cc1ccccc1CCNCc1ncc[nH]1. The van der Waals surface area contributed by atoms with Crippen molar-refractivity contribution in [1.82, 2.24) is 15.3 Å². The lowest BCUT2D eigenvalue weighted by atomic mass is 10.1. The quantitative estimate of drug-likeness (QED) is 0.749. The number of nitrogens with one attached hydrogen (secondary N) is 2. The zero-order valence-corrected chi connectivity index (χ0v) is 9.53. The highest BCUT2D eigenvalue weighted by Crippen LogP contribution is 2.06. The van der Waals surface area contributed by atoms with Gasteiger partial charge in [-0.05, 0) is 31.0 Å². The smallest absolute Gasteiger partial charge is 0.120 e. The summed E-state index contributed by atoms with van der Waals surface area (Å²) in [4.78, 5) is 7.23. The summed E-state index contributed by atoms with van der Waals surface area (Å²) in [5, 5.41) is 3.37. The van der Waals surface area contributed by atoms with Crippen LogP contribution in [0.4, 0.5) is 0 Å². The number of nitrogens with zero attached hydrogens (tertiary/aromatic N) is 1. The molecule has 0 radical (unpaired) electrons. The van der Waals surface area contributed by atoms with Crippen LogP contribution in [-0.2, 0) is 13.0 Å². The molecule has 0 aliphatic rings. The van der Waals surface area contributed by atoms with Crippen LogP contribution in [0.1, 0.15) is 17.0 Å². The molecule has 0 amide bonds. The summed E-state index contributed by atoms with van der Waals surface area (Å²) in [5.41, 5.74) is 2.77. The molecule has 0 aliphatic carbocycles. The predicted octanol–water partition coefficient (Wildman–Crippen LogP) is 2.05. The lowest BCUT2D eigenvalue weighted by molar-refractivity contribution is 0.664. The van der Waals surface area contributed by atoms with E-state index in [0.717, 1.165) is 25.3 Å². The van der Waals surface area contributed by atoms with Gasteiger partial charge in [0.15, 0.2) is 0 Å². The van der Waals surface area contributed by atoms with Crippen molar-refractivity contribution in [2.24, 2.45) is 0 Å². The summed E-state index contributed by atoms with van der Waals surface area (Å²) >= 11 is 0. The van der Waals surface area contributed by atoms with Gasteiger partial charge < -0.3 is 10.3 Å². The number of benzene rings is 1. The van der Waals surface area contributed by atoms with Gasteiger partial charge >= 0.3 is 0 Å². The number of aromatic nitrogens is 2. The van der Waals surface area contributed by atoms with Gasteiger partial charge in [-0.15, -0.1) is 0 Å². The van der Waals surface area contributed by atoms with Crippen LogP contribution in [0.5, 0.6) is 0 Å². The van der Waals surface area contributed by atoms with Crippen molar-refractivity contribution in [1.29, 1.82) is 0 Å². The standard InChI is InChI=1S/C13H17N3/c1-11-4-2-3-5-12(11)6-7-14-10-13-15-8-9-16-13/h2-5,8-9,14H,6-7,10H2,1H3,(H,15,16). The number of H-pyrrole nitrogens is 1. The number of aromatic amines is 1. The van der Waals surface area contributed by atoms with Crippen molar-refractivity contribution >= 4 is 0 Å². The molecule has 0 unspecified atom stereocenters. The molecule has 1 aromatic carbocycles. The fraction of sp³-hybridized carbons (Fsp3) is 0.308. The fourth-order valence-electron chi connectivity index (χ4n) is 1.72. The van der Waals surface area contributed by atoms with E-state index in [-0.39, 0.29) is 0 Å². The highest BCUT2D eigenvalue weighted by Gasteiger charge is 1.97. The van der Waals surface area contributed by atoms with Crippen molar-refractivity contribution in [2.75, 3.05) is 6.54 Å². The van der Waals surface area contributed by atoms with E-state index in [4.69, 9.17) is 0 Å². The molecule has 0 bridgehead atoms. The maximum Gasteiger partial charge on any atom is 0.120 e. The Balaban J connectivity index is 1.74. The van der Waals surface area contributed by atoms with Crippen LogP contribution in [-0.4, -0.2) is 16.5 Å². The molecule has 84 valence electrons. The average Bonchev–Trinajstić information content (AvgIpc) is 2.79. The molecule has 3 nitrogen and oxygen atoms in total. The van der Waals surface area contributed by atoms with Crippen molar-refractivity contribution < 1.29 is 0 Å². The minimum atomic E-state index is 0.804. The molecule has 0 saturated heterocycles. The molecule has 2 rings (SSSR count). The highest BCUT2D eigenvalue weighted by molar-refractivity contribution is 5.25. The molecule has 0 aliphatic heterocycles. The summed E-state index contributed by atoms with van der Waals surface area (Å²) < 4.78 is 0. The van der Waals surface area contributed by atoms with Crippen molar-refractivity contribution in [3.8, 4) is 0 Å². The van der Waals surface area contributed by atoms with Gasteiger partial charge in [0.05, 0.1) is 6.54 Å². The molecular weight excluding hydrogens is 198 g/mol. The second-order valence-electron chi connectivity index (χ2n) is 3.89. The van der Waals surface area contributed by atoms with Gasteiger partial charge in [0.25, 0.3) is 0 Å². The molecule has 0 saturated carbocycles. The van der Waals surface area contributed by atoms with Crippen LogP contribution >= 0.6 is 0 Å². The van der Waals surface area contributed by atoms with Crippen LogP contribution in [0.2, 0.25) is 0 Å². The summed E-state index contributed by atoms with van der Waals surface area (Å²) in [6, 6.07) is 8.51. The third kappa shape index (κ3) is 2.94. The molecular formula is C13H17N3. The normalized spacial score (nSPS) is 10.6. The Bertz CT molecular complexity index is 421. The summed E-state index contributed by atoms with van der Waals surface area (Å²) in [6.07, 6.45) is 4.68. The minimum absolute atomic E-state index is 0.804. The largest absolute Gasteiger partial charge is 0.348 e. The molecule has 0 atom stereocenters. The van der Waals surface area contributed by atoms with E-state index in [2.05, 4.69) is 46.5 Å². The van der Waals surface area contributed by atoms with Gasteiger partial charge in [0.1, 0.15) is 5.82 Å². The van der Waals surface area contributed by atoms with Gasteiger partial charge in [-0.2, -0.15) is 0 Å². The number of aryl methyl sites for hydroxylation is 1. The van der Waals surface area contributed by atoms with E-state index in [1.54, 1.807) is 6.20 Å². The van der Waals surface area contributed by atoms with Crippen LogP contribution in [0.3, 0.4) is 0 Å². The zero-order valence-electron chi connectivity index (χ0n) is 9.53. The third-order valence-corrected chi connectivity index (χ3v) is 2.68. The van der Waals surface area contributed by atoms with Crippen molar-refractivity contribution in [2.45, 2.75) is 19.9 Å². The first kappa shape index (κ1) is 10.9. The Morgan fingerprint density at radius 1 is 1.31 bits per heavy atom. The number of hydrogen-bond acceptors (Lipinski definition) is 2. The number of imidazole rings is 1. The monoisotopic (exact) mass is 215 g/mol. The number of hydrogen-bond donors (Lipinski definition) is 2. The lowest BCUT2D eigenvalue weighted by Crippen LogP contribution is -2.17. The average molecular weight is 215 g/mol. The topological polar surface area (TPSA) is 40.7 Å². The van der Waals surface area contributed by atoms with Crippen LogP contribution in [0, 0.1) is 6.92 Å². The van der Waals surface area contributed by atoms with E-state index in [1.807, 2.05) is 6.20 Å². The van der Waals surface area contributed by atoms with E-state index >= 15 is 0 Å². The second kappa shape index (κ2) is 5.47. The van der Waals surface area contributed by atoms with E-state index < -0.39 is 0 Å². The molecule has 0 fully saturated rings. The Morgan fingerprint density at radius 2 is 2.19 bits per heavy atom. The van der Waals surface area contributed by atoms with Crippen LogP contribution in [0.15, 0.2) is 36.7 Å². The molecule has 2 aromatic rings. The zero-order chi connectivity index (χ0) is 11.2. The highest BCUT2D eigenvalue weighted by atomic mass is 15.0. The lowest BCUT2D eigenvalue weighted by Gasteiger charge is -2.06. The molecule has 0 spiro atoms. The van der Waals surface area contributed by atoms with E-state index in [0.29, 0.717) is 0 Å². The van der Waals surface area contributed by atoms with Crippen LogP contribution < -0.4 is 5.32 Å². The Hall–Kier alpha value is -1.61. The van der Waals surface area contributed by atoms with Crippen LogP contribution in [0.25, 0.3) is 0 Å². The molecule has 2 N–H and O–H groups in total. The second-order valence-corrected chi connectivity index (χ2v) is 3.89. The van der Waals surface area contributed by atoms with E-state index in [1.165, 1.54) is 11.1 Å². The van der Waals surface area contributed by atoms with Crippen molar-refractivity contribution in [3.05, 3.63) is 53.6 Å². The third-order valence-electron chi connectivity index (χ3n) is 2.68. The molecule has 16 heavy (non-hydrogen) atoms. The van der Waals surface area contributed by atoms with Gasteiger partial charge in [0.2, 0.25) is 0 Å². The first-order chi connectivity index (χ1) is 7.86. The van der Waals surface area contributed by atoms with Crippen molar-refractivity contribution in [3.63, 3.8) is 0 Å². The maximum atomic E-state index is 4.16. The minimum Gasteiger partial charge on any atom is -0.348 e.